The van der Waals surface area contributed by atoms with Crippen molar-refractivity contribution in [2.45, 2.75) is 20.0 Å². The first kappa shape index (κ1) is 12.4. The zero-order valence-electron chi connectivity index (χ0n) is 11.0. The van der Waals surface area contributed by atoms with Crippen LogP contribution in [0, 0.1) is 0 Å². The number of nitrogens with one attached hydrogen (secondary N) is 1. The van der Waals surface area contributed by atoms with Gasteiger partial charge in [-0.2, -0.15) is 0 Å². The van der Waals surface area contributed by atoms with Crippen molar-refractivity contribution in [1.82, 2.24) is 14.9 Å². The van der Waals surface area contributed by atoms with Crippen LogP contribution in [0.1, 0.15) is 17.5 Å². The zero-order chi connectivity index (χ0) is 13.1. The summed E-state index contributed by atoms with van der Waals surface area (Å²) in [5.74, 6) is 0. The van der Waals surface area contributed by atoms with Crippen LogP contribution in [0.4, 0.5) is 0 Å². The molecule has 19 heavy (non-hydrogen) atoms. The molecule has 0 spiro atoms. The third-order valence-corrected chi connectivity index (χ3v) is 4.02. The average Bonchev–Trinajstić information content (AvgIpc) is 3.07. The molecule has 3 nitrogen and oxygen atoms in total. The van der Waals surface area contributed by atoms with E-state index in [2.05, 4.69) is 52.3 Å². The molecule has 0 aliphatic heterocycles. The van der Waals surface area contributed by atoms with Crippen molar-refractivity contribution in [2.75, 3.05) is 6.54 Å². The van der Waals surface area contributed by atoms with Gasteiger partial charge in [0.25, 0.3) is 0 Å². The molecule has 3 rings (SSSR count). The monoisotopic (exact) mass is 271 g/mol. The largest absolute Gasteiger partial charge is 0.341 e. The Morgan fingerprint density at radius 1 is 1.32 bits per heavy atom. The summed E-state index contributed by atoms with van der Waals surface area (Å²) in [6.45, 7) is 4.91. The third-order valence-electron chi connectivity index (χ3n) is 3.26. The molecule has 0 unspecified atom stereocenters. The maximum Gasteiger partial charge on any atom is 0.112 e. The number of fused-ring (bicyclic) bond motifs is 1. The highest BCUT2D eigenvalue weighted by atomic mass is 32.1. The second-order valence-electron chi connectivity index (χ2n) is 4.50. The predicted molar refractivity (Wildman–Crippen MR) is 80.5 cm³/mol. The number of benzene rings is 1. The molecule has 0 atom stereocenters. The summed E-state index contributed by atoms with van der Waals surface area (Å²) in [5, 5.41) is 7.90. The van der Waals surface area contributed by atoms with E-state index in [4.69, 9.17) is 0 Å². The number of aromatic nitrogens is 2. The summed E-state index contributed by atoms with van der Waals surface area (Å²) >= 11 is 1.70. The van der Waals surface area contributed by atoms with E-state index < -0.39 is 0 Å². The van der Waals surface area contributed by atoms with Crippen LogP contribution < -0.4 is 5.32 Å². The van der Waals surface area contributed by atoms with E-state index in [0.717, 1.165) is 24.6 Å². The molecule has 0 amide bonds. The first-order chi connectivity index (χ1) is 9.38. The normalized spacial score (nSPS) is 11.2. The maximum absolute atomic E-state index is 4.36. The highest BCUT2D eigenvalue weighted by Crippen LogP contribution is 2.21. The van der Waals surface area contributed by atoms with E-state index in [1.165, 1.54) is 16.5 Å². The molecule has 1 N–H and O–H groups in total. The van der Waals surface area contributed by atoms with E-state index in [1.54, 1.807) is 11.3 Å². The summed E-state index contributed by atoms with van der Waals surface area (Å²) in [6.07, 6.45) is 4.02. The Balaban J connectivity index is 1.94. The number of thiazole rings is 1. The van der Waals surface area contributed by atoms with E-state index in [0.29, 0.717) is 0 Å². The smallest absolute Gasteiger partial charge is 0.112 e. The summed E-state index contributed by atoms with van der Waals surface area (Å²) < 4.78 is 2.27. The van der Waals surface area contributed by atoms with Gasteiger partial charge in [0.15, 0.2) is 0 Å². The van der Waals surface area contributed by atoms with Gasteiger partial charge in [0, 0.05) is 35.2 Å². The molecule has 0 aliphatic carbocycles. The van der Waals surface area contributed by atoms with Gasteiger partial charge in [0.05, 0.1) is 6.54 Å². The quantitative estimate of drug-likeness (QED) is 0.772. The van der Waals surface area contributed by atoms with Gasteiger partial charge >= 0.3 is 0 Å². The fourth-order valence-electron chi connectivity index (χ4n) is 2.32. The molecule has 2 heterocycles. The van der Waals surface area contributed by atoms with Crippen LogP contribution in [0.5, 0.6) is 0 Å². The predicted octanol–water partition coefficient (Wildman–Crippen LogP) is 3.26. The second-order valence-corrected chi connectivity index (χ2v) is 5.48. The summed E-state index contributed by atoms with van der Waals surface area (Å²) in [4.78, 5) is 4.36. The van der Waals surface area contributed by atoms with Gasteiger partial charge in [-0.1, -0.05) is 19.1 Å². The van der Waals surface area contributed by atoms with Crippen LogP contribution >= 0.6 is 11.3 Å². The van der Waals surface area contributed by atoms with Crippen molar-refractivity contribution in [3.63, 3.8) is 0 Å². The highest BCUT2D eigenvalue weighted by molar-refractivity contribution is 7.09. The highest BCUT2D eigenvalue weighted by Gasteiger charge is 2.06. The van der Waals surface area contributed by atoms with Crippen LogP contribution in [-0.2, 0) is 13.1 Å². The van der Waals surface area contributed by atoms with Crippen LogP contribution in [0.2, 0.25) is 0 Å². The molecule has 0 fully saturated rings. The Bertz CT molecular complexity index is 655. The molecular weight excluding hydrogens is 254 g/mol. The Morgan fingerprint density at radius 3 is 3.05 bits per heavy atom. The third kappa shape index (κ3) is 2.55. The van der Waals surface area contributed by atoms with Gasteiger partial charge in [-0.15, -0.1) is 11.3 Å². The van der Waals surface area contributed by atoms with E-state index in [-0.39, 0.29) is 0 Å². The molecule has 0 aliphatic rings. The number of hydrogen-bond donors (Lipinski definition) is 1. The Morgan fingerprint density at radius 2 is 2.26 bits per heavy atom. The number of nitrogens with zero attached hydrogens (tertiary/aromatic N) is 2. The van der Waals surface area contributed by atoms with E-state index in [1.807, 2.05) is 11.6 Å². The molecule has 4 heteroatoms. The lowest BCUT2D eigenvalue weighted by Crippen LogP contribution is -2.11. The van der Waals surface area contributed by atoms with Crippen molar-refractivity contribution in [3.8, 4) is 0 Å². The van der Waals surface area contributed by atoms with Gasteiger partial charge in [0.1, 0.15) is 5.01 Å². The van der Waals surface area contributed by atoms with Gasteiger partial charge < -0.3 is 9.88 Å². The summed E-state index contributed by atoms with van der Waals surface area (Å²) in [5.41, 5.74) is 2.64. The molecule has 0 radical (unpaired) electrons. The molecular formula is C15H17N3S. The standard InChI is InChI=1S/C15H17N3S/c1-2-16-10-12-4-3-5-14-13(12)6-8-18(14)11-15-17-7-9-19-15/h3-9,16H,2,10-11H2,1H3. The van der Waals surface area contributed by atoms with Crippen LogP contribution in [-0.4, -0.2) is 16.1 Å². The molecule has 0 saturated heterocycles. The summed E-state index contributed by atoms with van der Waals surface area (Å²) in [6, 6.07) is 8.71. The van der Waals surface area contributed by atoms with Crippen LogP contribution in [0.3, 0.4) is 0 Å². The molecule has 3 aromatic rings. The maximum atomic E-state index is 4.36. The second kappa shape index (κ2) is 5.55. The number of rotatable bonds is 5. The van der Waals surface area contributed by atoms with Gasteiger partial charge in [-0.05, 0) is 24.2 Å². The topological polar surface area (TPSA) is 29.9 Å². The lowest BCUT2D eigenvalue weighted by atomic mass is 10.1. The first-order valence-electron chi connectivity index (χ1n) is 6.54. The van der Waals surface area contributed by atoms with Crippen molar-refractivity contribution in [1.29, 1.82) is 0 Å². The van der Waals surface area contributed by atoms with Crippen LogP contribution in [0.25, 0.3) is 10.9 Å². The zero-order valence-corrected chi connectivity index (χ0v) is 11.8. The minimum absolute atomic E-state index is 0.853. The fourth-order valence-corrected chi connectivity index (χ4v) is 2.93. The molecule has 1 aromatic carbocycles. The lowest BCUT2D eigenvalue weighted by molar-refractivity contribution is 0.730. The van der Waals surface area contributed by atoms with E-state index >= 15 is 0 Å². The Kier molecular flexibility index (Phi) is 3.62. The van der Waals surface area contributed by atoms with Crippen molar-refractivity contribution in [3.05, 3.63) is 52.6 Å². The summed E-state index contributed by atoms with van der Waals surface area (Å²) in [7, 11) is 0. The van der Waals surface area contributed by atoms with Crippen LogP contribution in [0.15, 0.2) is 42.0 Å². The molecule has 2 aromatic heterocycles. The number of hydrogen-bond acceptors (Lipinski definition) is 3. The average molecular weight is 271 g/mol. The van der Waals surface area contributed by atoms with Crippen molar-refractivity contribution < 1.29 is 0 Å². The van der Waals surface area contributed by atoms with Gasteiger partial charge in [-0.25, -0.2) is 4.98 Å². The lowest BCUT2D eigenvalue weighted by Gasteiger charge is -2.06. The first-order valence-corrected chi connectivity index (χ1v) is 7.42. The van der Waals surface area contributed by atoms with Crippen molar-refractivity contribution in [2.24, 2.45) is 0 Å². The minimum Gasteiger partial charge on any atom is -0.341 e. The molecule has 0 bridgehead atoms. The van der Waals surface area contributed by atoms with Gasteiger partial charge in [-0.3, -0.25) is 0 Å². The fraction of sp³-hybridized carbons (Fsp3) is 0.267. The minimum atomic E-state index is 0.853. The molecule has 98 valence electrons. The SMILES string of the molecule is CCNCc1cccc2c1ccn2Cc1nccs1. The van der Waals surface area contributed by atoms with E-state index in [9.17, 15) is 0 Å². The van der Waals surface area contributed by atoms with Crippen molar-refractivity contribution >= 4 is 22.2 Å². The Hall–Kier alpha value is -1.65. The molecule has 0 saturated carbocycles. The Labute approximate surface area is 116 Å². The van der Waals surface area contributed by atoms with Gasteiger partial charge in [0.2, 0.25) is 0 Å².